The Morgan fingerprint density at radius 3 is 2.67 bits per heavy atom. The van der Waals surface area contributed by atoms with Crippen LogP contribution in [0, 0.1) is 0 Å². The summed E-state index contributed by atoms with van der Waals surface area (Å²) < 4.78 is 11.1. The predicted molar refractivity (Wildman–Crippen MR) is 114 cm³/mol. The molecule has 7 nitrogen and oxygen atoms in total. The minimum Gasteiger partial charge on any atom is -0.486 e. The van der Waals surface area contributed by atoms with E-state index in [0.717, 1.165) is 22.1 Å². The summed E-state index contributed by atoms with van der Waals surface area (Å²) in [5.74, 6) is 1.28. The maximum atomic E-state index is 12.6. The molecule has 0 aromatic heterocycles. The molecule has 3 aromatic carbocycles. The number of urea groups is 1. The van der Waals surface area contributed by atoms with Crippen molar-refractivity contribution in [3.05, 3.63) is 60.7 Å². The summed E-state index contributed by atoms with van der Waals surface area (Å²) in [6.07, 6.45) is 0.247. The standard InChI is InChI=1S/C23H21N3O4/c27-22-12-16(14-26(22)17-8-9-20-21(13-17)30-11-10-29-20)24-23(28)25-19-7-3-5-15-4-1-2-6-18(15)19/h1-9,13,16H,10-12,14H2,(H2,24,25,28)/t16-/m0/s1. The first-order chi connectivity index (χ1) is 14.7. The first-order valence-corrected chi connectivity index (χ1v) is 9.93. The monoisotopic (exact) mass is 403 g/mol. The molecule has 3 aromatic rings. The van der Waals surface area contributed by atoms with Crippen LogP contribution in [0.5, 0.6) is 11.5 Å². The number of nitrogens with zero attached hydrogens (tertiary/aromatic N) is 1. The summed E-state index contributed by atoms with van der Waals surface area (Å²) in [5, 5.41) is 7.84. The fourth-order valence-corrected chi connectivity index (χ4v) is 3.93. The van der Waals surface area contributed by atoms with Gasteiger partial charge in [0.2, 0.25) is 5.91 Å². The Labute approximate surface area is 173 Å². The van der Waals surface area contributed by atoms with Gasteiger partial charge in [-0.15, -0.1) is 0 Å². The van der Waals surface area contributed by atoms with E-state index in [1.165, 1.54) is 0 Å². The van der Waals surface area contributed by atoms with E-state index in [4.69, 9.17) is 9.47 Å². The molecular formula is C23H21N3O4. The van der Waals surface area contributed by atoms with Crippen molar-refractivity contribution in [2.24, 2.45) is 0 Å². The summed E-state index contributed by atoms with van der Waals surface area (Å²) in [6, 6.07) is 18.5. The maximum Gasteiger partial charge on any atom is 0.319 e. The second-order valence-electron chi connectivity index (χ2n) is 7.36. The molecule has 5 rings (SSSR count). The SMILES string of the molecule is O=C(Nc1cccc2ccccc12)N[C@H]1CC(=O)N(c2ccc3c(c2)OCCO3)C1. The van der Waals surface area contributed by atoms with Crippen molar-refractivity contribution in [1.82, 2.24) is 5.32 Å². The number of anilines is 2. The number of hydrogen-bond acceptors (Lipinski definition) is 4. The fourth-order valence-electron chi connectivity index (χ4n) is 3.93. The highest BCUT2D eigenvalue weighted by molar-refractivity contribution is 6.02. The Morgan fingerprint density at radius 2 is 1.77 bits per heavy atom. The number of amides is 3. The molecule has 152 valence electrons. The van der Waals surface area contributed by atoms with Crippen molar-refractivity contribution in [2.75, 3.05) is 30.0 Å². The minimum atomic E-state index is -0.326. The van der Waals surface area contributed by atoms with Gasteiger partial charge in [0.05, 0.1) is 11.7 Å². The fraction of sp³-hybridized carbons (Fsp3) is 0.217. The van der Waals surface area contributed by atoms with Crippen molar-refractivity contribution in [1.29, 1.82) is 0 Å². The van der Waals surface area contributed by atoms with Crippen molar-refractivity contribution in [3.8, 4) is 11.5 Å². The van der Waals surface area contributed by atoms with E-state index >= 15 is 0 Å². The molecule has 0 radical (unpaired) electrons. The number of carbonyl (C=O) groups excluding carboxylic acids is 2. The lowest BCUT2D eigenvalue weighted by molar-refractivity contribution is -0.117. The van der Waals surface area contributed by atoms with Gasteiger partial charge in [0.15, 0.2) is 11.5 Å². The second-order valence-corrected chi connectivity index (χ2v) is 7.36. The Hall–Kier alpha value is -3.74. The van der Waals surface area contributed by atoms with Crippen LogP contribution in [0.3, 0.4) is 0 Å². The van der Waals surface area contributed by atoms with E-state index < -0.39 is 0 Å². The predicted octanol–water partition coefficient (Wildman–Crippen LogP) is 3.54. The van der Waals surface area contributed by atoms with Crippen LogP contribution in [0.4, 0.5) is 16.2 Å². The number of benzene rings is 3. The van der Waals surface area contributed by atoms with Gasteiger partial charge in [0.25, 0.3) is 0 Å². The Bertz CT molecular complexity index is 1130. The molecule has 0 aliphatic carbocycles. The van der Waals surface area contributed by atoms with E-state index in [-0.39, 0.29) is 24.4 Å². The molecule has 0 unspecified atom stereocenters. The topological polar surface area (TPSA) is 79.9 Å². The molecule has 0 spiro atoms. The maximum absolute atomic E-state index is 12.6. The van der Waals surface area contributed by atoms with Gasteiger partial charge in [-0.05, 0) is 23.6 Å². The first-order valence-electron chi connectivity index (χ1n) is 9.93. The molecule has 1 fully saturated rings. The highest BCUT2D eigenvalue weighted by Crippen LogP contribution is 2.35. The quantitative estimate of drug-likeness (QED) is 0.701. The molecule has 2 heterocycles. The number of rotatable bonds is 3. The van der Waals surface area contributed by atoms with Gasteiger partial charge in [-0.25, -0.2) is 4.79 Å². The number of carbonyl (C=O) groups is 2. The molecule has 2 aliphatic rings. The summed E-state index contributed by atoms with van der Waals surface area (Å²) in [7, 11) is 0. The van der Waals surface area contributed by atoms with Crippen molar-refractivity contribution < 1.29 is 19.1 Å². The molecule has 0 saturated carbocycles. The molecule has 2 N–H and O–H groups in total. The van der Waals surface area contributed by atoms with Gasteiger partial charge in [0.1, 0.15) is 13.2 Å². The number of nitrogens with one attached hydrogen (secondary N) is 2. The van der Waals surface area contributed by atoms with Crippen molar-refractivity contribution in [2.45, 2.75) is 12.5 Å². The van der Waals surface area contributed by atoms with Crippen LogP contribution in [0.1, 0.15) is 6.42 Å². The smallest absolute Gasteiger partial charge is 0.319 e. The van der Waals surface area contributed by atoms with Gasteiger partial charge in [-0.3, -0.25) is 4.79 Å². The summed E-state index contributed by atoms with van der Waals surface area (Å²) in [6.45, 7) is 1.41. The Morgan fingerprint density at radius 1 is 0.967 bits per heavy atom. The molecule has 3 amide bonds. The molecule has 1 saturated heterocycles. The first kappa shape index (κ1) is 18.3. The zero-order valence-electron chi connectivity index (χ0n) is 16.3. The lowest BCUT2D eigenvalue weighted by atomic mass is 10.1. The van der Waals surface area contributed by atoms with Crippen molar-refractivity contribution >= 4 is 34.1 Å². The lowest BCUT2D eigenvalue weighted by Gasteiger charge is -2.22. The highest BCUT2D eigenvalue weighted by atomic mass is 16.6. The van der Waals surface area contributed by atoms with Crippen LogP contribution in [0.25, 0.3) is 10.8 Å². The third-order valence-electron chi connectivity index (χ3n) is 5.34. The van der Waals surface area contributed by atoms with Crippen molar-refractivity contribution in [3.63, 3.8) is 0 Å². The van der Waals surface area contributed by atoms with Gasteiger partial charge in [-0.2, -0.15) is 0 Å². The Kier molecular flexibility index (Phi) is 4.63. The lowest BCUT2D eigenvalue weighted by Crippen LogP contribution is -2.39. The van der Waals surface area contributed by atoms with E-state index in [1.54, 1.807) is 4.90 Å². The molecule has 2 aliphatic heterocycles. The van der Waals surface area contributed by atoms with Crippen LogP contribution in [-0.2, 0) is 4.79 Å². The van der Waals surface area contributed by atoms with Crippen LogP contribution in [-0.4, -0.2) is 37.7 Å². The summed E-state index contributed by atoms with van der Waals surface area (Å²) >= 11 is 0. The molecule has 30 heavy (non-hydrogen) atoms. The van der Waals surface area contributed by atoms with E-state index in [9.17, 15) is 9.59 Å². The Balaban J connectivity index is 1.26. The third-order valence-corrected chi connectivity index (χ3v) is 5.34. The second kappa shape index (κ2) is 7.59. The molecule has 7 heteroatoms. The van der Waals surface area contributed by atoms with Crippen LogP contribution >= 0.6 is 0 Å². The molecular weight excluding hydrogens is 382 g/mol. The minimum absolute atomic E-state index is 0.0397. The highest BCUT2D eigenvalue weighted by Gasteiger charge is 2.32. The van der Waals surface area contributed by atoms with Gasteiger partial charge < -0.3 is 25.0 Å². The number of hydrogen-bond donors (Lipinski definition) is 2. The van der Waals surface area contributed by atoms with E-state index in [1.807, 2.05) is 60.7 Å². The number of ether oxygens (including phenoxy) is 2. The van der Waals surface area contributed by atoms with Crippen LogP contribution in [0.2, 0.25) is 0 Å². The van der Waals surface area contributed by atoms with E-state index in [0.29, 0.717) is 31.3 Å². The zero-order valence-corrected chi connectivity index (χ0v) is 16.3. The third kappa shape index (κ3) is 3.50. The summed E-state index contributed by atoms with van der Waals surface area (Å²) in [5.41, 5.74) is 1.47. The zero-order chi connectivity index (χ0) is 20.5. The van der Waals surface area contributed by atoms with Gasteiger partial charge in [-0.1, -0.05) is 36.4 Å². The normalized spacial score (nSPS) is 17.8. The average Bonchev–Trinajstić information content (AvgIpc) is 3.13. The average molecular weight is 403 g/mol. The molecule has 0 bridgehead atoms. The summed E-state index contributed by atoms with van der Waals surface area (Å²) in [4.78, 5) is 26.8. The van der Waals surface area contributed by atoms with E-state index in [2.05, 4.69) is 10.6 Å². The van der Waals surface area contributed by atoms with Gasteiger partial charge in [0, 0.05) is 30.1 Å². The largest absolute Gasteiger partial charge is 0.486 e. The van der Waals surface area contributed by atoms with Crippen LogP contribution < -0.4 is 25.0 Å². The van der Waals surface area contributed by atoms with Crippen LogP contribution in [0.15, 0.2) is 60.7 Å². The van der Waals surface area contributed by atoms with Gasteiger partial charge >= 0.3 is 6.03 Å². The molecule has 1 atom stereocenters. The number of fused-ring (bicyclic) bond motifs is 2.